The van der Waals surface area contributed by atoms with E-state index in [1.807, 2.05) is 0 Å². The molecule has 0 bridgehead atoms. The van der Waals surface area contributed by atoms with Crippen molar-refractivity contribution in [1.29, 1.82) is 0 Å². The molecule has 0 aromatic heterocycles. The quantitative estimate of drug-likeness (QED) is 0.101. The number of nitrogens with one attached hydrogen (secondary N) is 4. The Morgan fingerprint density at radius 2 is 1.18 bits per heavy atom. The van der Waals surface area contributed by atoms with Gasteiger partial charge in [-0.15, -0.1) is 0 Å². The number of aliphatic hydroxyl groups is 4. The van der Waals surface area contributed by atoms with Crippen LogP contribution in [0.15, 0.2) is 0 Å². The highest BCUT2D eigenvalue weighted by Gasteiger charge is 2.34. The molecule has 0 fully saturated rings. The van der Waals surface area contributed by atoms with E-state index in [9.17, 15) is 39.3 Å². The van der Waals surface area contributed by atoms with Gasteiger partial charge in [-0.3, -0.25) is 19.2 Å². The van der Waals surface area contributed by atoms with E-state index in [-0.39, 0.29) is 5.75 Å². The summed E-state index contributed by atoms with van der Waals surface area (Å²) in [6.45, 7) is 0.575. The van der Waals surface area contributed by atoms with Gasteiger partial charge in [0.15, 0.2) is 0 Å². The number of amides is 4. The Hall–Kier alpha value is -2.50. The monoisotopic (exact) mass is 497 g/mol. The van der Waals surface area contributed by atoms with E-state index in [0.717, 1.165) is 13.8 Å². The molecule has 0 heterocycles. The molecule has 0 aliphatic carbocycles. The number of aliphatic carboxylic acids is 1. The van der Waals surface area contributed by atoms with Crippen molar-refractivity contribution in [3.63, 3.8) is 0 Å². The number of carboxylic acids is 1. The van der Waals surface area contributed by atoms with Gasteiger partial charge in [-0.25, -0.2) is 4.79 Å². The van der Waals surface area contributed by atoms with Crippen LogP contribution in [0.5, 0.6) is 0 Å². The molecular weight excluding hydrogens is 466 g/mol. The normalized spacial score (nSPS) is 17.3. The molecule has 7 atom stereocenters. The lowest BCUT2D eigenvalue weighted by molar-refractivity contribution is -0.142. The Morgan fingerprint density at radius 1 is 0.758 bits per heavy atom. The molecule has 33 heavy (non-hydrogen) atoms. The van der Waals surface area contributed by atoms with Gasteiger partial charge in [-0.1, -0.05) is 0 Å². The lowest BCUT2D eigenvalue weighted by Gasteiger charge is -2.27. The standard InChI is InChI=1S/C17H31N5O10S/c1-6(25)11(21-13(27)8(18)3-23)15(29)19-9(4-24)14(28)22-12(7(2)26)16(30)20-10(5-33)17(31)32/h6-12,23-26,33H,3-5,18H2,1-2H3,(H,19,29)(H,20,30)(H,21,27)(H,22,28)(H,31,32)/t6-,7-,8+,9+,10+,11+,12+/m1/s1. The van der Waals surface area contributed by atoms with E-state index in [1.54, 1.807) is 0 Å². The number of aliphatic hydroxyl groups excluding tert-OH is 4. The fourth-order valence-electron chi connectivity index (χ4n) is 2.31. The van der Waals surface area contributed by atoms with Gasteiger partial charge in [0.1, 0.15) is 30.2 Å². The molecule has 11 N–H and O–H groups in total. The third kappa shape index (κ3) is 9.89. The lowest BCUT2D eigenvalue weighted by Crippen LogP contribution is -2.62. The molecule has 15 nitrogen and oxygen atoms in total. The Morgan fingerprint density at radius 3 is 1.52 bits per heavy atom. The minimum Gasteiger partial charge on any atom is -0.480 e. The van der Waals surface area contributed by atoms with Crippen molar-refractivity contribution in [3.05, 3.63) is 0 Å². The van der Waals surface area contributed by atoms with Crippen molar-refractivity contribution < 1.29 is 49.5 Å². The summed E-state index contributed by atoms with van der Waals surface area (Å²) in [6.07, 6.45) is -2.96. The van der Waals surface area contributed by atoms with E-state index >= 15 is 0 Å². The molecule has 0 spiro atoms. The fourth-order valence-corrected chi connectivity index (χ4v) is 2.56. The molecule has 190 valence electrons. The zero-order chi connectivity index (χ0) is 25.9. The zero-order valence-corrected chi connectivity index (χ0v) is 18.9. The topological polar surface area (TPSA) is 261 Å². The summed E-state index contributed by atoms with van der Waals surface area (Å²) in [7, 11) is 0. The fraction of sp³-hybridized carbons (Fsp3) is 0.706. The number of hydrogen-bond acceptors (Lipinski definition) is 11. The van der Waals surface area contributed by atoms with E-state index in [0.29, 0.717) is 0 Å². The Kier molecular flexibility index (Phi) is 13.5. The van der Waals surface area contributed by atoms with Crippen LogP contribution in [0, 0.1) is 0 Å². The first-order chi connectivity index (χ1) is 15.3. The third-order valence-electron chi connectivity index (χ3n) is 4.27. The SMILES string of the molecule is C[C@@H](O)[C@H](NC(=O)[C@H](CO)NC(=O)[C@@H](NC(=O)[C@@H](N)CO)[C@@H](C)O)C(=O)N[C@@H](CS)C(=O)O. The molecule has 0 radical (unpaired) electrons. The highest BCUT2D eigenvalue weighted by Crippen LogP contribution is 2.00. The molecular formula is C17H31N5O10S. The molecule has 0 aromatic rings. The van der Waals surface area contributed by atoms with Crippen LogP contribution >= 0.6 is 12.6 Å². The van der Waals surface area contributed by atoms with Gasteiger partial charge < -0.3 is 52.5 Å². The Labute approximate surface area is 194 Å². The first kappa shape index (κ1) is 30.5. The van der Waals surface area contributed by atoms with Crippen LogP contribution in [-0.4, -0.2) is 117 Å². The molecule has 0 unspecified atom stereocenters. The zero-order valence-electron chi connectivity index (χ0n) is 18.0. The highest BCUT2D eigenvalue weighted by atomic mass is 32.1. The lowest BCUT2D eigenvalue weighted by atomic mass is 10.1. The molecule has 0 rings (SSSR count). The predicted octanol–water partition coefficient (Wildman–Crippen LogP) is -5.99. The van der Waals surface area contributed by atoms with Crippen LogP contribution in [-0.2, 0) is 24.0 Å². The highest BCUT2D eigenvalue weighted by molar-refractivity contribution is 7.80. The summed E-state index contributed by atoms with van der Waals surface area (Å²) in [5.74, 6) is -5.93. The molecule has 0 saturated heterocycles. The number of hydrogen-bond donors (Lipinski definition) is 11. The number of carboxylic acid groups (broad SMARTS) is 1. The summed E-state index contributed by atoms with van der Waals surface area (Å²) in [4.78, 5) is 60.1. The van der Waals surface area contributed by atoms with Crippen molar-refractivity contribution in [2.24, 2.45) is 5.73 Å². The maximum atomic E-state index is 12.5. The smallest absolute Gasteiger partial charge is 0.327 e. The molecule has 16 heteroatoms. The van der Waals surface area contributed by atoms with Crippen LogP contribution in [0.4, 0.5) is 0 Å². The summed E-state index contributed by atoms with van der Waals surface area (Å²) in [5.41, 5.74) is 5.33. The Balaban J connectivity index is 5.36. The summed E-state index contributed by atoms with van der Waals surface area (Å²) >= 11 is 3.78. The largest absolute Gasteiger partial charge is 0.480 e. The number of carbonyl (C=O) groups excluding carboxylic acids is 4. The molecule has 0 saturated carbocycles. The second-order valence-corrected chi connectivity index (χ2v) is 7.43. The van der Waals surface area contributed by atoms with Crippen molar-refractivity contribution >= 4 is 42.2 Å². The average molecular weight is 498 g/mol. The number of thiol groups is 1. The number of rotatable bonds is 14. The van der Waals surface area contributed by atoms with Crippen molar-refractivity contribution in [3.8, 4) is 0 Å². The molecule has 4 amide bonds. The maximum Gasteiger partial charge on any atom is 0.327 e. The Bertz CT molecular complexity index is 708. The average Bonchev–Trinajstić information content (AvgIpc) is 2.75. The summed E-state index contributed by atoms with van der Waals surface area (Å²) in [6, 6.07) is -7.74. The third-order valence-corrected chi connectivity index (χ3v) is 4.64. The second kappa shape index (κ2) is 14.6. The minimum absolute atomic E-state index is 0.275. The van der Waals surface area contributed by atoms with Gasteiger partial charge >= 0.3 is 5.97 Å². The number of carbonyl (C=O) groups is 5. The molecule has 0 aliphatic rings. The van der Waals surface area contributed by atoms with E-state index in [1.165, 1.54) is 0 Å². The van der Waals surface area contributed by atoms with E-state index < -0.39 is 85.2 Å². The van der Waals surface area contributed by atoms with Crippen LogP contribution in [0.3, 0.4) is 0 Å². The van der Waals surface area contributed by atoms with Gasteiger partial charge in [0.25, 0.3) is 0 Å². The van der Waals surface area contributed by atoms with Crippen LogP contribution in [0.1, 0.15) is 13.8 Å². The maximum absolute atomic E-state index is 12.5. The van der Waals surface area contributed by atoms with E-state index in [4.69, 9.17) is 15.9 Å². The van der Waals surface area contributed by atoms with Crippen LogP contribution in [0.25, 0.3) is 0 Å². The second-order valence-electron chi connectivity index (χ2n) is 7.07. The molecule has 0 aromatic carbocycles. The van der Waals surface area contributed by atoms with Crippen molar-refractivity contribution in [2.75, 3.05) is 19.0 Å². The van der Waals surface area contributed by atoms with Crippen LogP contribution in [0.2, 0.25) is 0 Å². The summed E-state index contributed by atoms with van der Waals surface area (Å²) in [5, 5.41) is 55.3. The first-order valence-corrected chi connectivity index (χ1v) is 10.3. The summed E-state index contributed by atoms with van der Waals surface area (Å²) < 4.78 is 0. The van der Waals surface area contributed by atoms with Gasteiger partial charge in [0.05, 0.1) is 25.4 Å². The van der Waals surface area contributed by atoms with Gasteiger partial charge in [0.2, 0.25) is 23.6 Å². The van der Waals surface area contributed by atoms with Gasteiger partial charge in [0, 0.05) is 5.75 Å². The first-order valence-electron chi connectivity index (χ1n) is 9.69. The van der Waals surface area contributed by atoms with Crippen LogP contribution < -0.4 is 27.0 Å². The van der Waals surface area contributed by atoms with E-state index in [2.05, 4.69) is 33.9 Å². The van der Waals surface area contributed by atoms with Gasteiger partial charge in [-0.2, -0.15) is 12.6 Å². The minimum atomic E-state index is -1.68. The van der Waals surface area contributed by atoms with Crippen molar-refractivity contribution in [2.45, 2.75) is 56.3 Å². The van der Waals surface area contributed by atoms with Crippen molar-refractivity contribution in [1.82, 2.24) is 21.3 Å². The predicted molar refractivity (Wildman–Crippen MR) is 115 cm³/mol. The van der Waals surface area contributed by atoms with Gasteiger partial charge in [-0.05, 0) is 13.8 Å². The number of nitrogens with two attached hydrogens (primary N) is 1. The molecule has 0 aliphatic heterocycles.